The molecule has 3 aromatic rings. The van der Waals surface area contributed by atoms with Crippen LogP contribution < -0.4 is 0 Å². The minimum absolute atomic E-state index is 0.126. The Bertz CT molecular complexity index is 990. The van der Waals surface area contributed by atoms with Gasteiger partial charge in [-0.25, -0.2) is 4.39 Å². The van der Waals surface area contributed by atoms with Crippen molar-refractivity contribution in [1.29, 1.82) is 5.26 Å². The Labute approximate surface area is 167 Å². The molecule has 1 fully saturated rings. The van der Waals surface area contributed by atoms with Crippen LogP contribution >= 0.6 is 11.8 Å². The molecule has 1 aliphatic heterocycles. The number of aromatic nitrogens is 3. The van der Waals surface area contributed by atoms with Crippen molar-refractivity contribution in [2.45, 2.75) is 36.4 Å². The summed E-state index contributed by atoms with van der Waals surface area (Å²) in [7, 11) is 0. The van der Waals surface area contributed by atoms with E-state index >= 15 is 0 Å². The van der Waals surface area contributed by atoms with Gasteiger partial charge in [-0.3, -0.25) is 4.57 Å². The van der Waals surface area contributed by atoms with Crippen molar-refractivity contribution >= 4 is 11.8 Å². The number of hydrogen-bond donors (Lipinski definition) is 0. The van der Waals surface area contributed by atoms with Gasteiger partial charge in [0.15, 0.2) is 11.0 Å². The summed E-state index contributed by atoms with van der Waals surface area (Å²) in [5.41, 5.74) is 2.44. The fourth-order valence-corrected chi connectivity index (χ4v) is 4.21. The lowest BCUT2D eigenvalue weighted by atomic mass is 10.1. The molecule has 0 N–H and O–H groups in total. The second-order valence-corrected chi connectivity index (χ2v) is 7.56. The Kier molecular flexibility index (Phi) is 5.70. The van der Waals surface area contributed by atoms with Gasteiger partial charge in [0.05, 0.1) is 24.3 Å². The summed E-state index contributed by atoms with van der Waals surface area (Å²) in [6.45, 7) is 1.43. The summed E-state index contributed by atoms with van der Waals surface area (Å²) < 4.78 is 21.2. The fraction of sp³-hybridized carbons (Fsp3) is 0.286. The average molecular weight is 394 g/mol. The van der Waals surface area contributed by atoms with E-state index in [1.807, 2.05) is 28.8 Å². The van der Waals surface area contributed by atoms with E-state index in [0.29, 0.717) is 23.7 Å². The largest absolute Gasteiger partial charge is 0.376 e. The van der Waals surface area contributed by atoms with Gasteiger partial charge in [0.2, 0.25) is 0 Å². The molecule has 0 saturated carbocycles. The van der Waals surface area contributed by atoms with Crippen molar-refractivity contribution in [3.8, 4) is 17.5 Å². The first kappa shape index (κ1) is 18.7. The summed E-state index contributed by atoms with van der Waals surface area (Å²) >= 11 is 1.54. The van der Waals surface area contributed by atoms with Crippen LogP contribution in [-0.2, 0) is 17.0 Å². The number of thioether (sulfide) groups is 1. The Balaban J connectivity index is 1.62. The van der Waals surface area contributed by atoms with Crippen molar-refractivity contribution in [1.82, 2.24) is 14.8 Å². The Morgan fingerprint density at radius 3 is 2.75 bits per heavy atom. The van der Waals surface area contributed by atoms with E-state index in [4.69, 9.17) is 4.74 Å². The van der Waals surface area contributed by atoms with Gasteiger partial charge in [0.1, 0.15) is 5.82 Å². The molecule has 4 rings (SSSR count). The van der Waals surface area contributed by atoms with Crippen molar-refractivity contribution in [2.75, 3.05) is 6.61 Å². The first-order valence-electron chi connectivity index (χ1n) is 9.16. The molecule has 1 atom stereocenters. The Morgan fingerprint density at radius 2 is 2.00 bits per heavy atom. The first-order valence-corrected chi connectivity index (χ1v) is 10.1. The van der Waals surface area contributed by atoms with Crippen LogP contribution in [0.1, 0.15) is 24.0 Å². The van der Waals surface area contributed by atoms with Gasteiger partial charge >= 0.3 is 0 Å². The lowest BCUT2D eigenvalue weighted by Crippen LogP contribution is -2.16. The van der Waals surface area contributed by atoms with Gasteiger partial charge in [-0.05, 0) is 48.7 Å². The summed E-state index contributed by atoms with van der Waals surface area (Å²) in [4.78, 5) is 0. The maximum atomic E-state index is 13.3. The third kappa shape index (κ3) is 4.08. The molecule has 0 aliphatic carbocycles. The number of nitriles is 1. The van der Waals surface area contributed by atoms with Crippen LogP contribution in [0.5, 0.6) is 0 Å². The predicted octanol–water partition coefficient (Wildman–Crippen LogP) is 4.43. The predicted molar refractivity (Wildman–Crippen MR) is 105 cm³/mol. The second-order valence-electron chi connectivity index (χ2n) is 6.62. The highest BCUT2D eigenvalue weighted by molar-refractivity contribution is 7.98. The lowest BCUT2D eigenvalue weighted by molar-refractivity contribution is 0.0953. The molecular formula is C21H19FN4OS. The highest BCUT2D eigenvalue weighted by atomic mass is 32.2. The van der Waals surface area contributed by atoms with E-state index < -0.39 is 0 Å². The third-order valence-electron chi connectivity index (χ3n) is 4.72. The summed E-state index contributed by atoms with van der Waals surface area (Å²) in [5.74, 6) is 1.04. The van der Waals surface area contributed by atoms with Gasteiger partial charge in [0, 0.05) is 17.9 Å². The minimum atomic E-state index is -0.281. The monoisotopic (exact) mass is 394 g/mol. The van der Waals surface area contributed by atoms with E-state index in [1.165, 1.54) is 12.1 Å². The molecule has 7 heteroatoms. The molecule has 0 radical (unpaired) electrons. The summed E-state index contributed by atoms with van der Waals surface area (Å²) in [5, 5.41) is 18.8. The van der Waals surface area contributed by atoms with Crippen molar-refractivity contribution in [3.63, 3.8) is 0 Å². The standard InChI is InChI=1S/C21H19FN4OS/c22-18-9-7-15(8-10-18)20-24-25-21(26(20)13-19-6-3-11-27-19)28-14-17-5-2-1-4-16(17)12-23/h1-2,4-5,7-10,19H,3,6,11,13-14H2/t19-/m1/s1. The van der Waals surface area contributed by atoms with Gasteiger partial charge in [-0.15, -0.1) is 10.2 Å². The van der Waals surface area contributed by atoms with Crippen LogP contribution in [0.3, 0.4) is 0 Å². The van der Waals surface area contributed by atoms with Crippen molar-refractivity contribution < 1.29 is 9.13 Å². The molecule has 0 spiro atoms. The van der Waals surface area contributed by atoms with Crippen molar-refractivity contribution in [2.24, 2.45) is 0 Å². The first-order chi connectivity index (χ1) is 13.7. The number of rotatable bonds is 6. The molecule has 5 nitrogen and oxygen atoms in total. The SMILES string of the molecule is N#Cc1ccccc1CSc1nnc(-c2ccc(F)cc2)n1C[C@H]1CCCO1. The molecule has 0 bridgehead atoms. The number of hydrogen-bond acceptors (Lipinski definition) is 5. The van der Waals surface area contributed by atoms with Crippen LogP contribution in [-0.4, -0.2) is 27.5 Å². The molecular weight excluding hydrogens is 375 g/mol. The Morgan fingerprint density at radius 1 is 1.18 bits per heavy atom. The van der Waals surface area contributed by atoms with Gasteiger partial charge in [0.25, 0.3) is 0 Å². The number of benzene rings is 2. The summed E-state index contributed by atoms with van der Waals surface area (Å²) in [6.07, 6.45) is 2.18. The molecule has 1 aromatic heterocycles. The molecule has 142 valence electrons. The Hall–Kier alpha value is -2.69. The van der Waals surface area contributed by atoms with Crippen LogP contribution in [0, 0.1) is 17.1 Å². The second kappa shape index (κ2) is 8.55. The van der Waals surface area contributed by atoms with E-state index in [9.17, 15) is 9.65 Å². The van der Waals surface area contributed by atoms with Crippen LogP contribution in [0.15, 0.2) is 53.7 Å². The molecule has 28 heavy (non-hydrogen) atoms. The highest BCUT2D eigenvalue weighted by Crippen LogP contribution is 2.29. The van der Waals surface area contributed by atoms with E-state index in [0.717, 1.165) is 35.7 Å². The zero-order chi connectivity index (χ0) is 19.3. The molecule has 2 heterocycles. The molecule has 0 amide bonds. The normalized spacial score (nSPS) is 16.2. The summed E-state index contributed by atoms with van der Waals surface area (Å²) in [6, 6.07) is 16.1. The maximum absolute atomic E-state index is 13.3. The van der Waals surface area contributed by atoms with Crippen LogP contribution in [0.25, 0.3) is 11.4 Å². The van der Waals surface area contributed by atoms with Gasteiger partial charge in [-0.2, -0.15) is 5.26 Å². The maximum Gasteiger partial charge on any atom is 0.191 e. The van der Waals surface area contributed by atoms with Crippen LogP contribution in [0.4, 0.5) is 4.39 Å². The zero-order valence-electron chi connectivity index (χ0n) is 15.2. The minimum Gasteiger partial charge on any atom is -0.376 e. The van der Waals surface area contributed by atoms with Gasteiger partial charge in [-0.1, -0.05) is 30.0 Å². The molecule has 2 aromatic carbocycles. The number of nitrogens with zero attached hydrogens (tertiary/aromatic N) is 4. The van der Waals surface area contributed by atoms with Crippen LogP contribution in [0.2, 0.25) is 0 Å². The topological polar surface area (TPSA) is 63.7 Å². The molecule has 1 saturated heterocycles. The third-order valence-corrected chi connectivity index (χ3v) is 5.74. The smallest absolute Gasteiger partial charge is 0.191 e. The van der Waals surface area contributed by atoms with E-state index in [-0.39, 0.29) is 11.9 Å². The van der Waals surface area contributed by atoms with Crippen molar-refractivity contribution in [3.05, 3.63) is 65.5 Å². The lowest BCUT2D eigenvalue weighted by Gasteiger charge is -2.15. The van der Waals surface area contributed by atoms with Gasteiger partial charge < -0.3 is 4.74 Å². The average Bonchev–Trinajstić information content (AvgIpc) is 3.38. The van der Waals surface area contributed by atoms with E-state index in [2.05, 4.69) is 16.3 Å². The van der Waals surface area contributed by atoms with E-state index in [1.54, 1.807) is 23.9 Å². The molecule has 0 unspecified atom stereocenters. The highest BCUT2D eigenvalue weighted by Gasteiger charge is 2.22. The number of halogens is 1. The quantitative estimate of drug-likeness (QED) is 0.579. The fourth-order valence-electron chi connectivity index (χ4n) is 3.26. The molecule has 1 aliphatic rings. The number of ether oxygens (including phenoxy) is 1. The zero-order valence-corrected chi connectivity index (χ0v) is 16.0.